The van der Waals surface area contributed by atoms with Gasteiger partial charge in [0.05, 0.1) is 10.2 Å². The van der Waals surface area contributed by atoms with E-state index in [2.05, 4.69) is 44.8 Å². The van der Waals surface area contributed by atoms with E-state index in [4.69, 9.17) is 12.2 Å². The fourth-order valence-corrected chi connectivity index (χ4v) is 3.20. The third-order valence-corrected chi connectivity index (χ3v) is 4.24. The summed E-state index contributed by atoms with van der Waals surface area (Å²) >= 11 is 5.18. The van der Waals surface area contributed by atoms with Crippen LogP contribution in [-0.4, -0.2) is 31.1 Å². The van der Waals surface area contributed by atoms with Crippen LogP contribution in [0.4, 0.5) is 5.69 Å². The molecule has 0 aromatic heterocycles. The molecule has 0 atom stereocenters. The molecular weight excluding hydrogens is 280 g/mol. The van der Waals surface area contributed by atoms with Crippen LogP contribution in [0.2, 0.25) is 0 Å². The van der Waals surface area contributed by atoms with E-state index < -0.39 is 0 Å². The van der Waals surface area contributed by atoms with Crippen molar-refractivity contribution in [1.29, 1.82) is 0 Å². The maximum absolute atomic E-state index is 11.9. The Bertz CT molecular complexity index is 509. The molecule has 1 N–H and O–H groups in total. The summed E-state index contributed by atoms with van der Waals surface area (Å²) in [5.41, 5.74) is 1.76. The third kappa shape index (κ3) is 4.89. The first kappa shape index (κ1) is 18.3. The summed E-state index contributed by atoms with van der Waals surface area (Å²) in [4.78, 5) is 14.3. The van der Waals surface area contributed by atoms with Crippen molar-refractivity contribution >= 4 is 17.9 Å². The van der Waals surface area contributed by atoms with Crippen molar-refractivity contribution in [3.63, 3.8) is 0 Å². The Hall–Kier alpha value is -0.740. The molecule has 0 aliphatic carbocycles. The zero-order valence-corrected chi connectivity index (χ0v) is 15.0. The van der Waals surface area contributed by atoms with Crippen LogP contribution in [0.1, 0.15) is 59.4 Å². The first-order chi connectivity index (χ1) is 9.82. The smallest absolute Gasteiger partial charge is 0.220 e. The van der Waals surface area contributed by atoms with Gasteiger partial charge in [-0.1, -0.05) is 46.8 Å². The molecule has 0 amide bonds. The molecule has 1 aromatic carbocycles. The van der Waals surface area contributed by atoms with E-state index in [0.717, 1.165) is 43.7 Å². The summed E-state index contributed by atoms with van der Waals surface area (Å²) in [7, 11) is 0. The summed E-state index contributed by atoms with van der Waals surface area (Å²) in [5, 5.41) is 3.30. The zero-order valence-electron chi connectivity index (χ0n) is 14.2. The Balaban J connectivity index is 2.39. The van der Waals surface area contributed by atoms with Gasteiger partial charge >= 0.3 is 0 Å². The number of hydrogen-bond acceptors (Lipinski definition) is 4. The third-order valence-electron chi connectivity index (χ3n) is 3.85. The van der Waals surface area contributed by atoms with Gasteiger partial charge in [-0.2, -0.15) is 0 Å². The van der Waals surface area contributed by atoms with Gasteiger partial charge in [-0.05, 0) is 44.3 Å². The quantitative estimate of drug-likeness (QED) is 0.554. The average Bonchev–Trinajstić information content (AvgIpc) is 2.42. The Morgan fingerprint density at radius 1 is 1.14 bits per heavy atom. The van der Waals surface area contributed by atoms with E-state index in [1.807, 2.05) is 0 Å². The maximum Gasteiger partial charge on any atom is 0.220 e. The van der Waals surface area contributed by atoms with Gasteiger partial charge in [0.15, 0.2) is 0 Å². The Kier molecular flexibility index (Phi) is 7.01. The van der Waals surface area contributed by atoms with Crippen molar-refractivity contribution < 1.29 is 0 Å². The maximum atomic E-state index is 11.9. The summed E-state index contributed by atoms with van der Waals surface area (Å²) in [6, 6.07) is 0. The second-order valence-corrected chi connectivity index (χ2v) is 7.13. The van der Waals surface area contributed by atoms with Gasteiger partial charge in [-0.15, -0.1) is 0 Å². The number of nitrogens with zero attached hydrogens (tertiary/aromatic N) is 1. The molecule has 1 rings (SSSR count). The minimum Gasteiger partial charge on any atom is -0.382 e. The van der Waals surface area contributed by atoms with Crippen LogP contribution < -0.4 is 10.7 Å². The number of rotatable bonds is 9. The van der Waals surface area contributed by atoms with Gasteiger partial charge in [-0.25, -0.2) is 0 Å². The molecule has 1 aromatic rings. The molecule has 21 heavy (non-hydrogen) atoms. The molecule has 0 aliphatic rings. The highest BCUT2D eigenvalue weighted by molar-refractivity contribution is 7.71. The highest BCUT2D eigenvalue weighted by atomic mass is 32.1. The number of nitrogens with one attached hydrogen (secondary N) is 1. The summed E-state index contributed by atoms with van der Waals surface area (Å²) in [6.45, 7) is 15.0. The molecule has 0 fully saturated rings. The second-order valence-electron chi connectivity index (χ2n) is 6.73. The minimum absolute atomic E-state index is 0.0242. The Labute approximate surface area is 134 Å². The molecule has 0 radical (unpaired) electrons. The topological polar surface area (TPSA) is 32.3 Å². The number of unbranched alkanes of at least 4 members (excludes halogenated alkanes) is 1. The predicted octanol–water partition coefficient (Wildman–Crippen LogP) is 3.87. The largest absolute Gasteiger partial charge is 0.382 e. The van der Waals surface area contributed by atoms with Crippen LogP contribution in [0.25, 0.3) is 0 Å². The minimum atomic E-state index is -0.0482. The van der Waals surface area contributed by atoms with Crippen LogP contribution in [0.5, 0.6) is 0 Å². The zero-order chi connectivity index (χ0) is 16.0. The molecular formula is C17H30N2OS. The van der Waals surface area contributed by atoms with Gasteiger partial charge in [0.1, 0.15) is 0 Å². The lowest BCUT2D eigenvalue weighted by molar-refractivity contribution is 0.283. The van der Waals surface area contributed by atoms with Crippen molar-refractivity contribution in [2.45, 2.75) is 59.3 Å². The number of hydrogen-bond donors (Lipinski definition) is 1. The lowest BCUT2D eigenvalue weighted by Gasteiger charge is -2.25. The summed E-state index contributed by atoms with van der Waals surface area (Å²) in [6.07, 6.45) is 3.46. The molecule has 0 unspecified atom stereocenters. The SMILES string of the molecule is CCCN(CC)CCCCNc1c(C(C)(C)C)c(=S)c1=O. The fraction of sp³-hybridized carbons (Fsp3) is 0.765. The van der Waals surface area contributed by atoms with Crippen molar-refractivity contribution in [3.8, 4) is 0 Å². The molecule has 0 saturated carbocycles. The molecule has 0 bridgehead atoms. The van der Waals surface area contributed by atoms with E-state index in [-0.39, 0.29) is 10.8 Å². The lowest BCUT2D eigenvalue weighted by Crippen LogP contribution is -2.29. The van der Waals surface area contributed by atoms with Crippen LogP contribution >= 0.6 is 12.2 Å². The number of anilines is 1. The van der Waals surface area contributed by atoms with Gasteiger partial charge < -0.3 is 10.2 Å². The van der Waals surface area contributed by atoms with E-state index in [9.17, 15) is 4.79 Å². The molecule has 120 valence electrons. The van der Waals surface area contributed by atoms with Gasteiger partial charge in [0.2, 0.25) is 5.43 Å². The van der Waals surface area contributed by atoms with E-state index in [0.29, 0.717) is 4.51 Å². The van der Waals surface area contributed by atoms with Crippen molar-refractivity contribution in [2.75, 3.05) is 31.5 Å². The molecule has 0 saturated heterocycles. The predicted molar refractivity (Wildman–Crippen MR) is 94.7 cm³/mol. The Morgan fingerprint density at radius 3 is 2.33 bits per heavy atom. The van der Waals surface area contributed by atoms with E-state index >= 15 is 0 Å². The highest BCUT2D eigenvalue weighted by Crippen LogP contribution is 2.30. The lowest BCUT2D eigenvalue weighted by atomic mass is 9.83. The molecule has 3 nitrogen and oxygen atoms in total. The summed E-state index contributed by atoms with van der Waals surface area (Å²) in [5.74, 6) is 0. The molecule has 0 aliphatic heterocycles. The van der Waals surface area contributed by atoms with Gasteiger partial charge in [0.25, 0.3) is 0 Å². The van der Waals surface area contributed by atoms with Crippen molar-refractivity contribution in [1.82, 2.24) is 4.90 Å². The fourth-order valence-electron chi connectivity index (χ4n) is 2.69. The van der Waals surface area contributed by atoms with E-state index in [1.54, 1.807) is 0 Å². The van der Waals surface area contributed by atoms with E-state index in [1.165, 1.54) is 13.0 Å². The van der Waals surface area contributed by atoms with Crippen molar-refractivity contribution in [2.24, 2.45) is 0 Å². The molecule has 0 spiro atoms. The van der Waals surface area contributed by atoms with Crippen LogP contribution in [0, 0.1) is 4.51 Å². The summed E-state index contributed by atoms with van der Waals surface area (Å²) < 4.78 is 0.519. The first-order valence-electron chi connectivity index (χ1n) is 8.12. The standard InChI is InChI=1S/C17H30N2OS/c1-6-11-19(7-2)12-9-8-10-18-14-13(17(3,4)5)16(21)15(14)20/h18H,6-12H2,1-5H3. The van der Waals surface area contributed by atoms with Gasteiger partial charge in [-0.3, -0.25) is 4.79 Å². The average molecular weight is 311 g/mol. The second kappa shape index (κ2) is 8.04. The molecule has 4 heteroatoms. The van der Waals surface area contributed by atoms with Crippen LogP contribution in [0.15, 0.2) is 4.79 Å². The monoisotopic (exact) mass is 310 g/mol. The highest BCUT2D eigenvalue weighted by Gasteiger charge is 2.27. The normalized spacial score (nSPS) is 12.3. The van der Waals surface area contributed by atoms with Crippen LogP contribution in [0.3, 0.4) is 0 Å². The van der Waals surface area contributed by atoms with Crippen molar-refractivity contribution in [3.05, 3.63) is 20.3 Å². The van der Waals surface area contributed by atoms with Gasteiger partial charge in [0, 0.05) is 12.1 Å². The Morgan fingerprint density at radius 2 is 1.81 bits per heavy atom. The first-order valence-corrected chi connectivity index (χ1v) is 8.53. The molecule has 0 heterocycles. The van der Waals surface area contributed by atoms with Crippen LogP contribution in [-0.2, 0) is 5.41 Å².